The Morgan fingerprint density at radius 3 is 2.85 bits per heavy atom. The van der Waals surface area contributed by atoms with E-state index in [2.05, 4.69) is 52.3 Å². The Balaban J connectivity index is 2.15. The van der Waals surface area contributed by atoms with E-state index in [9.17, 15) is 0 Å². The van der Waals surface area contributed by atoms with Crippen molar-refractivity contribution in [1.29, 1.82) is 0 Å². The van der Waals surface area contributed by atoms with Crippen LogP contribution in [0.2, 0.25) is 0 Å². The number of hydrogen-bond acceptors (Lipinski definition) is 4. The molecule has 110 valence electrons. The average molecular weight is 292 g/mol. The number of aryl methyl sites for hydroxylation is 2. The third-order valence-corrected chi connectivity index (χ3v) is 4.08. The van der Waals surface area contributed by atoms with E-state index in [4.69, 9.17) is 0 Å². The molecular weight excluding hydrogens is 268 g/mol. The lowest BCUT2D eigenvalue weighted by atomic mass is 10.1. The molecule has 2 aromatic heterocycles. The summed E-state index contributed by atoms with van der Waals surface area (Å²) in [6, 6.07) is 2.42. The molecule has 1 atom stereocenters. The normalized spacial score (nSPS) is 12.8. The van der Waals surface area contributed by atoms with Crippen LogP contribution in [-0.4, -0.2) is 21.3 Å². The molecule has 0 spiro atoms. The van der Waals surface area contributed by atoms with Crippen molar-refractivity contribution in [3.05, 3.63) is 34.0 Å². The summed E-state index contributed by atoms with van der Waals surface area (Å²) >= 11 is 1.72. The van der Waals surface area contributed by atoms with Gasteiger partial charge in [0.2, 0.25) is 0 Å². The Labute approximate surface area is 125 Å². The lowest BCUT2D eigenvalue weighted by molar-refractivity contribution is 0.466. The van der Waals surface area contributed by atoms with E-state index in [1.807, 2.05) is 6.20 Å². The minimum Gasteiger partial charge on any atom is -0.308 e. The van der Waals surface area contributed by atoms with Crippen LogP contribution in [-0.2, 0) is 13.0 Å². The van der Waals surface area contributed by atoms with Crippen LogP contribution in [0, 0.1) is 6.92 Å². The molecule has 2 rings (SSSR count). The Bertz CT molecular complexity index is 517. The first kappa shape index (κ1) is 15.2. The average Bonchev–Trinajstić information content (AvgIpc) is 3.04. The maximum Gasteiger partial charge on any atom is 0.0897 e. The predicted molar refractivity (Wildman–Crippen MR) is 84.1 cm³/mol. The minimum atomic E-state index is 0.297. The zero-order chi connectivity index (χ0) is 14.4. The molecule has 5 heteroatoms. The molecular formula is C15H24N4S. The molecule has 1 unspecified atom stereocenters. The molecule has 0 saturated carbocycles. The van der Waals surface area contributed by atoms with Crippen molar-refractivity contribution in [1.82, 2.24) is 20.1 Å². The molecule has 0 aliphatic rings. The summed E-state index contributed by atoms with van der Waals surface area (Å²) in [4.78, 5) is 4.59. The molecule has 0 aliphatic heterocycles. The summed E-state index contributed by atoms with van der Waals surface area (Å²) in [5, 5.41) is 11.4. The molecule has 4 nitrogen and oxygen atoms in total. The second-order valence-corrected chi connectivity index (χ2v) is 6.11. The van der Waals surface area contributed by atoms with Gasteiger partial charge in [0.1, 0.15) is 0 Å². The second-order valence-electron chi connectivity index (χ2n) is 5.05. The molecule has 0 amide bonds. The van der Waals surface area contributed by atoms with Crippen molar-refractivity contribution in [3.8, 4) is 0 Å². The maximum atomic E-state index is 4.59. The lowest BCUT2D eigenvalue weighted by Gasteiger charge is -2.19. The summed E-state index contributed by atoms with van der Waals surface area (Å²) in [6.45, 7) is 8.43. The highest BCUT2D eigenvalue weighted by atomic mass is 32.1. The van der Waals surface area contributed by atoms with E-state index in [0.717, 1.165) is 37.4 Å². The van der Waals surface area contributed by atoms with Crippen LogP contribution in [0.25, 0.3) is 0 Å². The summed E-state index contributed by atoms with van der Waals surface area (Å²) in [5.41, 5.74) is 2.44. The van der Waals surface area contributed by atoms with Gasteiger partial charge < -0.3 is 5.32 Å². The van der Waals surface area contributed by atoms with Gasteiger partial charge in [0.05, 0.1) is 22.4 Å². The molecule has 0 saturated heterocycles. The smallest absolute Gasteiger partial charge is 0.0897 e. The molecule has 2 aromatic rings. The van der Waals surface area contributed by atoms with Gasteiger partial charge in [-0.25, -0.2) is 4.98 Å². The molecule has 0 radical (unpaired) electrons. The van der Waals surface area contributed by atoms with Crippen molar-refractivity contribution in [2.75, 3.05) is 6.54 Å². The zero-order valence-electron chi connectivity index (χ0n) is 12.6. The van der Waals surface area contributed by atoms with Crippen LogP contribution < -0.4 is 5.32 Å². The highest BCUT2D eigenvalue weighted by Crippen LogP contribution is 2.20. The van der Waals surface area contributed by atoms with Gasteiger partial charge in [0, 0.05) is 24.5 Å². The van der Waals surface area contributed by atoms with Crippen LogP contribution >= 0.6 is 11.3 Å². The molecule has 0 fully saturated rings. The van der Waals surface area contributed by atoms with E-state index in [1.54, 1.807) is 11.3 Å². The number of nitrogens with one attached hydrogen (secondary N) is 1. The van der Waals surface area contributed by atoms with Gasteiger partial charge in [0.25, 0.3) is 0 Å². The van der Waals surface area contributed by atoms with Crippen molar-refractivity contribution < 1.29 is 0 Å². The SMILES string of the molecule is CCCNC(Cc1csc(C)n1)c1ccnn1CCC. The molecule has 1 N–H and O–H groups in total. The van der Waals surface area contributed by atoms with Crippen molar-refractivity contribution in [2.24, 2.45) is 0 Å². The standard InChI is InChI=1S/C15H24N4S/c1-4-7-16-14(10-13-11-20-12(3)18-13)15-6-8-17-19(15)9-5-2/h6,8,11,14,16H,4-5,7,9-10H2,1-3H3. The van der Waals surface area contributed by atoms with Crippen molar-refractivity contribution >= 4 is 11.3 Å². The highest BCUT2D eigenvalue weighted by Gasteiger charge is 2.17. The highest BCUT2D eigenvalue weighted by molar-refractivity contribution is 7.09. The van der Waals surface area contributed by atoms with E-state index in [0.29, 0.717) is 6.04 Å². The van der Waals surface area contributed by atoms with Crippen molar-refractivity contribution in [2.45, 2.75) is 52.6 Å². The number of hydrogen-bond donors (Lipinski definition) is 1. The predicted octanol–water partition coefficient (Wildman–Crippen LogP) is 3.34. The van der Waals surface area contributed by atoms with Gasteiger partial charge in [-0.1, -0.05) is 13.8 Å². The number of thiazole rings is 1. The first-order valence-electron chi connectivity index (χ1n) is 7.40. The third kappa shape index (κ3) is 3.90. The van der Waals surface area contributed by atoms with Gasteiger partial charge in [-0.2, -0.15) is 5.10 Å². The van der Waals surface area contributed by atoms with E-state index < -0.39 is 0 Å². The quantitative estimate of drug-likeness (QED) is 0.811. The Hall–Kier alpha value is -1.20. The Kier molecular flexibility index (Phi) is 5.73. The van der Waals surface area contributed by atoms with E-state index in [-0.39, 0.29) is 0 Å². The van der Waals surface area contributed by atoms with Crippen LogP contribution in [0.5, 0.6) is 0 Å². The van der Waals surface area contributed by atoms with Crippen LogP contribution in [0.3, 0.4) is 0 Å². The fourth-order valence-electron chi connectivity index (χ4n) is 2.35. The second kappa shape index (κ2) is 7.55. The van der Waals surface area contributed by atoms with Gasteiger partial charge in [-0.15, -0.1) is 11.3 Å². The van der Waals surface area contributed by atoms with Crippen LogP contribution in [0.4, 0.5) is 0 Å². The number of nitrogens with zero attached hydrogens (tertiary/aromatic N) is 3. The van der Waals surface area contributed by atoms with E-state index in [1.165, 1.54) is 11.4 Å². The summed E-state index contributed by atoms with van der Waals surface area (Å²) in [5.74, 6) is 0. The van der Waals surface area contributed by atoms with Crippen LogP contribution in [0.15, 0.2) is 17.6 Å². The van der Waals surface area contributed by atoms with Gasteiger partial charge in [-0.3, -0.25) is 4.68 Å². The molecule has 0 bridgehead atoms. The first-order chi connectivity index (χ1) is 9.74. The van der Waals surface area contributed by atoms with Crippen LogP contribution in [0.1, 0.15) is 49.1 Å². The van der Waals surface area contributed by atoms with Gasteiger partial charge >= 0.3 is 0 Å². The Morgan fingerprint density at radius 1 is 1.35 bits per heavy atom. The van der Waals surface area contributed by atoms with Gasteiger partial charge in [-0.05, 0) is 32.4 Å². The molecule has 0 aliphatic carbocycles. The van der Waals surface area contributed by atoms with Crippen molar-refractivity contribution in [3.63, 3.8) is 0 Å². The molecule has 2 heterocycles. The fraction of sp³-hybridized carbons (Fsp3) is 0.600. The lowest BCUT2D eigenvalue weighted by Crippen LogP contribution is -2.26. The monoisotopic (exact) mass is 292 g/mol. The van der Waals surface area contributed by atoms with E-state index >= 15 is 0 Å². The minimum absolute atomic E-state index is 0.297. The Morgan fingerprint density at radius 2 is 2.20 bits per heavy atom. The first-order valence-corrected chi connectivity index (χ1v) is 8.28. The largest absolute Gasteiger partial charge is 0.308 e. The maximum absolute atomic E-state index is 4.59. The summed E-state index contributed by atoms with van der Waals surface area (Å²) in [6.07, 6.45) is 5.07. The zero-order valence-corrected chi connectivity index (χ0v) is 13.4. The number of rotatable bonds is 8. The van der Waals surface area contributed by atoms with Gasteiger partial charge in [0.15, 0.2) is 0 Å². The number of aromatic nitrogens is 3. The summed E-state index contributed by atoms with van der Waals surface area (Å²) < 4.78 is 2.12. The topological polar surface area (TPSA) is 42.7 Å². The summed E-state index contributed by atoms with van der Waals surface area (Å²) in [7, 11) is 0. The molecule has 0 aromatic carbocycles. The molecule has 20 heavy (non-hydrogen) atoms. The third-order valence-electron chi connectivity index (χ3n) is 3.26. The fourth-order valence-corrected chi connectivity index (χ4v) is 2.97.